The Morgan fingerprint density at radius 1 is 1.16 bits per heavy atom. The van der Waals surface area contributed by atoms with Crippen LogP contribution in [-0.2, 0) is 6.42 Å². The van der Waals surface area contributed by atoms with E-state index in [1.54, 1.807) is 23.9 Å². The monoisotopic (exact) mass is 459 g/mol. The van der Waals surface area contributed by atoms with Crippen LogP contribution in [-0.4, -0.2) is 35.9 Å². The van der Waals surface area contributed by atoms with Crippen LogP contribution in [0, 0.1) is 11.7 Å². The lowest BCUT2D eigenvalue weighted by atomic mass is 10.1. The molecule has 25 heavy (non-hydrogen) atoms. The Labute approximate surface area is 166 Å². The van der Waals surface area contributed by atoms with Crippen LogP contribution in [0.5, 0.6) is 0 Å². The van der Waals surface area contributed by atoms with E-state index in [-0.39, 0.29) is 29.8 Å². The first-order valence-corrected chi connectivity index (χ1v) is 8.33. The Balaban J connectivity index is 0.00000312. The number of hydrogen-bond donors (Lipinski definition) is 2. The van der Waals surface area contributed by atoms with Crippen LogP contribution in [0.25, 0.3) is 5.69 Å². The fraction of sp³-hybridized carbons (Fsp3) is 0.444. The SMILES string of the molecule is CN=C(NCCc1ccn(-c2ccc(F)cc2)n1)NCCC(C)C.I. The number of rotatable bonds is 7. The third-order valence-electron chi connectivity index (χ3n) is 3.65. The fourth-order valence-electron chi connectivity index (χ4n) is 2.24. The predicted octanol–water partition coefficient (Wildman–Crippen LogP) is 3.38. The number of hydrogen-bond acceptors (Lipinski definition) is 2. The Morgan fingerprint density at radius 3 is 2.48 bits per heavy atom. The van der Waals surface area contributed by atoms with Crippen molar-refractivity contribution in [2.75, 3.05) is 20.1 Å². The Kier molecular flexibility index (Phi) is 9.48. The summed E-state index contributed by atoms with van der Waals surface area (Å²) < 4.78 is 14.7. The van der Waals surface area contributed by atoms with Gasteiger partial charge in [-0.3, -0.25) is 4.99 Å². The van der Waals surface area contributed by atoms with Gasteiger partial charge in [-0.25, -0.2) is 9.07 Å². The average molecular weight is 459 g/mol. The molecule has 0 aliphatic carbocycles. The van der Waals surface area contributed by atoms with Gasteiger partial charge in [-0.15, -0.1) is 24.0 Å². The first-order valence-electron chi connectivity index (χ1n) is 8.33. The maximum absolute atomic E-state index is 13.0. The summed E-state index contributed by atoms with van der Waals surface area (Å²) in [5, 5.41) is 11.1. The summed E-state index contributed by atoms with van der Waals surface area (Å²) in [5.74, 6) is 1.24. The zero-order valence-electron chi connectivity index (χ0n) is 15.0. The average Bonchev–Trinajstić information content (AvgIpc) is 3.02. The van der Waals surface area contributed by atoms with Gasteiger partial charge >= 0.3 is 0 Å². The van der Waals surface area contributed by atoms with Crippen molar-refractivity contribution in [2.24, 2.45) is 10.9 Å². The van der Waals surface area contributed by atoms with Gasteiger partial charge in [0.05, 0.1) is 11.4 Å². The summed E-state index contributed by atoms with van der Waals surface area (Å²) in [6, 6.07) is 8.27. The summed E-state index contributed by atoms with van der Waals surface area (Å²) in [4.78, 5) is 4.21. The lowest BCUT2D eigenvalue weighted by molar-refractivity contribution is 0.573. The minimum atomic E-state index is -0.244. The first kappa shape index (κ1) is 21.4. The van der Waals surface area contributed by atoms with Gasteiger partial charge in [-0.2, -0.15) is 5.10 Å². The molecule has 0 radical (unpaired) electrons. The molecular weight excluding hydrogens is 432 g/mol. The van der Waals surface area contributed by atoms with E-state index in [1.165, 1.54) is 12.1 Å². The van der Waals surface area contributed by atoms with Gasteiger partial charge < -0.3 is 10.6 Å². The highest BCUT2D eigenvalue weighted by atomic mass is 127. The van der Waals surface area contributed by atoms with Crippen molar-refractivity contribution < 1.29 is 4.39 Å². The minimum absolute atomic E-state index is 0. The Bertz CT molecular complexity index is 652. The van der Waals surface area contributed by atoms with E-state index in [0.717, 1.165) is 43.3 Å². The van der Waals surface area contributed by atoms with Crippen LogP contribution in [0.4, 0.5) is 4.39 Å². The van der Waals surface area contributed by atoms with Crippen LogP contribution < -0.4 is 10.6 Å². The normalized spacial score (nSPS) is 11.3. The topological polar surface area (TPSA) is 54.2 Å². The molecule has 0 aliphatic rings. The van der Waals surface area contributed by atoms with Crippen LogP contribution in [0.3, 0.4) is 0 Å². The largest absolute Gasteiger partial charge is 0.356 e. The molecule has 1 aromatic heterocycles. The van der Waals surface area contributed by atoms with E-state index in [4.69, 9.17) is 0 Å². The molecule has 1 aromatic carbocycles. The molecule has 0 spiro atoms. The molecular formula is C18H27FIN5. The van der Waals surface area contributed by atoms with Crippen LogP contribution in [0.2, 0.25) is 0 Å². The second kappa shape index (κ2) is 11.1. The highest BCUT2D eigenvalue weighted by Crippen LogP contribution is 2.09. The summed E-state index contributed by atoms with van der Waals surface area (Å²) >= 11 is 0. The van der Waals surface area contributed by atoms with Gasteiger partial charge in [0.1, 0.15) is 5.82 Å². The van der Waals surface area contributed by atoms with Crippen molar-refractivity contribution >= 4 is 29.9 Å². The van der Waals surface area contributed by atoms with Crippen LogP contribution in [0.15, 0.2) is 41.5 Å². The van der Waals surface area contributed by atoms with E-state index in [2.05, 4.69) is 34.6 Å². The molecule has 2 N–H and O–H groups in total. The first-order chi connectivity index (χ1) is 11.6. The summed E-state index contributed by atoms with van der Waals surface area (Å²) in [6.45, 7) is 6.07. The molecule has 0 saturated carbocycles. The quantitative estimate of drug-likeness (QED) is 0.379. The second-order valence-electron chi connectivity index (χ2n) is 6.09. The van der Waals surface area contributed by atoms with Gasteiger partial charge in [0.2, 0.25) is 0 Å². The molecule has 0 fully saturated rings. The molecule has 7 heteroatoms. The highest BCUT2D eigenvalue weighted by Gasteiger charge is 2.03. The van der Waals surface area contributed by atoms with Gasteiger partial charge in [0.15, 0.2) is 5.96 Å². The van der Waals surface area contributed by atoms with E-state index in [1.807, 2.05) is 12.3 Å². The molecule has 0 saturated heterocycles. The number of nitrogens with one attached hydrogen (secondary N) is 2. The van der Waals surface area contributed by atoms with E-state index < -0.39 is 0 Å². The molecule has 0 aliphatic heterocycles. The van der Waals surface area contributed by atoms with Crippen LogP contribution in [0.1, 0.15) is 26.0 Å². The maximum atomic E-state index is 13.0. The molecule has 2 rings (SSSR count). The van der Waals surface area contributed by atoms with E-state index in [9.17, 15) is 4.39 Å². The minimum Gasteiger partial charge on any atom is -0.356 e. The van der Waals surface area contributed by atoms with Crippen molar-refractivity contribution in [3.05, 3.63) is 48.0 Å². The molecule has 5 nitrogen and oxygen atoms in total. The van der Waals surface area contributed by atoms with E-state index >= 15 is 0 Å². The molecule has 1 heterocycles. The third-order valence-corrected chi connectivity index (χ3v) is 3.65. The number of aromatic nitrogens is 2. The lowest BCUT2D eigenvalue weighted by Gasteiger charge is -2.12. The van der Waals surface area contributed by atoms with Gasteiger partial charge in [0.25, 0.3) is 0 Å². The zero-order valence-corrected chi connectivity index (χ0v) is 17.3. The molecule has 0 amide bonds. The Hall–Kier alpha value is -1.64. The van der Waals surface area contributed by atoms with Crippen molar-refractivity contribution in [3.63, 3.8) is 0 Å². The number of nitrogens with zero attached hydrogens (tertiary/aromatic N) is 3. The van der Waals surface area contributed by atoms with Crippen molar-refractivity contribution in [1.82, 2.24) is 20.4 Å². The highest BCUT2D eigenvalue weighted by molar-refractivity contribution is 14.0. The lowest BCUT2D eigenvalue weighted by Crippen LogP contribution is -2.39. The summed E-state index contributed by atoms with van der Waals surface area (Å²) in [5.41, 5.74) is 1.83. The smallest absolute Gasteiger partial charge is 0.190 e. The van der Waals surface area contributed by atoms with Gasteiger partial charge in [0, 0.05) is 32.8 Å². The predicted molar refractivity (Wildman–Crippen MR) is 111 cm³/mol. The summed E-state index contributed by atoms with van der Waals surface area (Å²) in [7, 11) is 1.77. The van der Waals surface area contributed by atoms with Crippen LogP contribution >= 0.6 is 24.0 Å². The van der Waals surface area contributed by atoms with Crippen molar-refractivity contribution in [1.29, 1.82) is 0 Å². The van der Waals surface area contributed by atoms with Gasteiger partial charge in [-0.1, -0.05) is 13.8 Å². The number of halogens is 2. The standard InChI is InChI=1S/C18H26FN5.HI/c1-14(2)8-11-21-18(20-3)22-12-9-16-10-13-24(23-16)17-6-4-15(19)5-7-17;/h4-7,10,13-14H,8-9,11-12H2,1-3H3,(H2,20,21,22);1H. The molecule has 0 unspecified atom stereocenters. The third kappa shape index (κ3) is 7.41. The number of aliphatic imine (C=N–C) groups is 1. The molecule has 0 bridgehead atoms. The van der Waals surface area contributed by atoms with E-state index in [0.29, 0.717) is 5.92 Å². The number of benzene rings is 1. The van der Waals surface area contributed by atoms with Crippen molar-refractivity contribution in [3.8, 4) is 5.69 Å². The summed E-state index contributed by atoms with van der Waals surface area (Å²) in [6.07, 6.45) is 3.79. The number of guanidine groups is 1. The molecule has 0 atom stereocenters. The van der Waals surface area contributed by atoms with Gasteiger partial charge in [-0.05, 0) is 42.7 Å². The molecule has 138 valence electrons. The fourth-order valence-corrected chi connectivity index (χ4v) is 2.24. The zero-order chi connectivity index (χ0) is 17.4. The second-order valence-corrected chi connectivity index (χ2v) is 6.09. The Morgan fingerprint density at radius 2 is 1.84 bits per heavy atom. The maximum Gasteiger partial charge on any atom is 0.190 e. The molecule has 2 aromatic rings. The van der Waals surface area contributed by atoms with Crippen molar-refractivity contribution in [2.45, 2.75) is 26.7 Å².